The lowest BCUT2D eigenvalue weighted by atomic mass is 9.77. The first kappa shape index (κ1) is 15.2. The van der Waals surface area contributed by atoms with Gasteiger partial charge in [-0.2, -0.15) is 0 Å². The monoisotopic (exact) mass is 247 g/mol. The van der Waals surface area contributed by atoms with E-state index in [-0.39, 0.29) is 0 Å². The predicted octanol–water partition coefficient (Wildman–Crippen LogP) is 4.20. The van der Waals surface area contributed by atoms with Crippen molar-refractivity contribution in [1.29, 1.82) is 0 Å². The molecule has 0 heterocycles. The summed E-state index contributed by atoms with van der Waals surface area (Å²) >= 11 is 0. The van der Waals surface area contributed by atoms with Gasteiger partial charge in [0, 0.05) is 0 Å². The lowest BCUT2D eigenvalue weighted by Gasteiger charge is -2.31. The molecule has 0 aliphatic heterocycles. The summed E-state index contributed by atoms with van der Waals surface area (Å²) in [5.74, 6) is 0.686. The Hall–Kier alpha value is -0.820. The average Bonchev–Trinajstić information content (AvgIpc) is 2.27. The zero-order valence-corrected chi connectivity index (χ0v) is 12.7. The van der Waals surface area contributed by atoms with Crippen LogP contribution in [0.1, 0.15) is 45.2 Å². The SMILES string of the molecule is CCCNCC(Cc1cccc(C)c1)C(C)(C)C. The van der Waals surface area contributed by atoms with E-state index < -0.39 is 0 Å². The number of hydrogen-bond acceptors (Lipinski definition) is 1. The Bertz CT molecular complexity index is 349. The lowest BCUT2D eigenvalue weighted by Crippen LogP contribution is -2.33. The van der Waals surface area contributed by atoms with Gasteiger partial charge in [-0.1, -0.05) is 57.5 Å². The minimum Gasteiger partial charge on any atom is -0.316 e. The van der Waals surface area contributed by atoms with E-state index in [0.717, 1.165) is 13.1 Å². The Kier molecular flexibility index (Phi) is 5.87. The third-order valence-electron chi connectivity index (χ3n) is 3.61. The van der Waals surface area contributed by atoms with E-state index in [1.807, 2.05) is 0 Å². The van der Waals surface area contributed by atoms with E-state index in [4.69, 9.17) is 0 Å². The molecule has 0 aromatic heterocycles. The molecule has 18 heavy (non-hydrogen) atoms. The average molecular weight is 247 g/mol. The van der Waals surface area contributed by atoms with Crippen molar-refractivity contribution in [1.82, 2.24) is 5.32 Å². The van der Waals surface area contributed by atoms with Crippen molar-refractivity contribution < 1.29 is 0 Å². The summed E-state index contributed by atoms with van der Waals surface area (Å²) in [6, 6.07) is 8.92. The molecule has 1 rings (SSSR count). The molecule has 0 bridgehead atoms. The number of benzene rings is 1. The normalized spacial score (nSPS) is 13.6. The highest BCUT2D eigenvalue weighted by Crippen LogP contribution is 2.28. The molecule has 0 aliphatic rings. The van der Waals surface area contributed by atoms with Gasteiger partial charge in [0.05, 0.1) is 0 Å². The molecule has 0 saturated heterocycles. The summed E-state index contributed by atoms with van der Waals surface area (Å²) in [5.41, 5.74) is 3.18. The molecule has 1 atom stereocenters. The highest BCUT2D eigenvalue weighted by molar-refractivity contribution is 5.22. The Morgan fingerprint density at radius 1 is 1.22 bits per heavy atom. The Morgan fingerprint density at radius 3 is 2.50 bits per heavy atom. The molecule has 0 spiro atoms. The van der Waals surface area contributed by atoms with Crippen LogP contribution in [0.4, 0.5) is 0 Å². The van der Waals surface area contributed by atoms with E-state index >= 15 is 0 Å². The van der Waals surface area contributed by atoms with Crippen molar-refractivity contribution in [3.8, 4) is 0 Å². The quantitative estimate of drug-likeness (QED) is 0.743. The fourth-order valence-corrected chi connectivity index (χ4v) is 2.26. The van der Waals surface area contributed by atoms with E-state index in [9.17, 15) is 0 Å². The zero-order chi connectivity index (χ0) is 13.6. The first-order valence-electron chi connectivity index (χ1n) is 7.19. The highest BCUT2D eigenvalue weighted by atomic mass is 14.9. The molecule has 1 unspecified atom stereocenters. The van der Waals surface area contributed by atoms with Gasteiger partial charge >= 0.3 is 0 Å². The summed E-state index contributed by atoms with van der Waals surface area (Å²) in [6.45, 7) is 13.7. The van der Waals surface area contributed by atoms with Crippen LogP contribution < -0.4 is 5.32 Å². The van der Waals surface area contributed by atoms with Gasteiger partial charge in [-0.3, -0.25) is 0 Å². The van der Waals surface area contributed by atoms with Crippen LogP contribution in [0.5, 0.6) is 0 Å². The molecule has 1 aromatic carbocycles. The molecule has 1 N–H and O–H groups in total. The maximum atomic E-state index is 3.58. The number of hydrogen-bond donors (Lipinski definition) is 1. The Morgan fingerprint density at radius 2 is 1.94 bits per heavy atom. The van der Waals surface area contributed by atoms with Crippen LogP contribution in [0.25, 0.3) is 0 Å². The molecule has 102 valence electrons. The summed E-state index contributed by atoms with van der Waals surface area (Å²) < 4.78 is 0. The summed E-state index contributed by atoms with van der Waals surface area (Å²) in [4.78, 5) is 0. The van der Waals surface area contributed by atoms with Gasteiger partial charge in [-0.15, -0.1) is 0 Å². The minimum absolute atomic E-state index is 0.352. The van der Waals surface area contributed by atoms with Gasteiger partial charge < -0.3 is 5.32 Å². The predicted molar refractivity (Wildman–Crippen MR) is 81.0 cm³/mol. The molecule has 0 radical (unpaired) electrons. The summed E-state index contributed by atoms with van der Waals surface area (Å²) in [6.07, 6.45) is 2.38. The zero-order valence-electron chi connectivity index (χ0n) is 12.7. The molecule has 0 saturated carbocycles. The summed E-state index contributed by atoms with van der Waals surface area (Å²) in [7, 11) is 0. The minimum atomic E-state index is 0.352. The van der Waals surface area contributed by atoms with Gasteiger partial charge in [0.2, 0.25) is 0 Å². The second kappa shape index (κ2) is 6.94. The molecule has 0 amide bonds. The first-order valence-corrected chi connectivity index (χ1v) is 7.19. The Balaban J connectivity index is 2.66. The van der Waals surface area contributed by atoms with E-state index in [1.165, 1.54) is 24.0 Å². The maximum Gasteiger partial charge on any atom is -0.00123 e. The molecular weight excluding hydrogens is 218 g/mol. The van der Waals surface area contributed by atoms with Gasteiger partial charge in [-0.25, -0.2) is 0 Å². The van der Waals surface area contributed by atoms with E-state index in [2.05, 4.69) is 64.2 Å². The highest BCUT2D eigenvalue weighted by Gasteiger charge is 2.24. The molecule has 1 aromatic rings. The van der Waals surface area contributed by atoms with Crippen molar-refractivity contribution >= 4 is 0 Å². The maximum absolute atomic E-state index is 3.58. The third kappa shape index (κ3) is 5.22. The fraction of sp³-hybridized carbons (Fsp3) is 0.647. The molecule has 0 fully saturated rings. The van der Waals surface area contributed by atoms with E-state index in [1.54, 1.807) is 0 Å². The van der Waals surface area contributed by atoms with Crippen LogP contribution in [0.2, 0.25) is 0 Å². The second-order valence-corrected chi connectivity index (χ2v) is 6.46. The van der Waals surface area contributed by atoms with Crippen LogP contribution in [-0.4, -0.2) is 13.1 Å². The van der Waals surface area contributed by atoms with Gasteiger partial charge in [0.25, 0.3) is 0 Å². The van der Waals surface area contributed by atoms with Crippen molar-refractivity contribution in [2.24, 2.45) is 11.3 Å². The van der Waals surface area contributed by atoms with Crippen LogP contribution in [-0.2, 0) is 6.42 Å². The fourth-order valence-electron chi connectivity index (χ4n) is 2.26. The van der Waals surface area contributed by atoms with Crippen LogP contribution in [0.3, 0.4) is 0 Å². The largest absolute Gasteiger partial charge is 0.316 e. The number of rotatable bonds is 6. The molecule has 1 heteroatoms. The standard InChI is InChI=1S/C17H29N/c1-6-10-18-13-16(17(3,4)5)12-15-9-7-8-14(2)11-15/h7-9,11,16,18H,6,10,12-13H2,1-5H3. The second-order valence-electron chi connectivity index (χ2n) is 6.46. The third-order valence-corrected chi connectivity index (χ3v) is 3.61. The van der Waals surface area contributed by atoms with Gasteiger partial charge in [0.1, 0.15) is 0 Å². The number of aryl methyl sites for hydroxylation is 1. The van der Waals surface area contributed by atoms with Gasteiger partial charge in [-0.05, 0) is 49.8 Å². The Labute approximate surface area is 113 Å². The van der Waals surface area contributed by atoms with Crippen LogP contribution in [0.15, 0.2) is 24.3 Å². The van der Waals surface area contributed by atoms with E-state index in [0.29, 0.717) is 11.3 Å². The smallest absolute Gasteiger partial charge is 0.00123 e. The summed E-state index contributed by atoms with van der Waals surface area (Å²) in [5, 5.41) is 3.58. The lowest BCUT2D eigenvalue weighted by molar-refractivity contribution is 0.231. The molecular formula is C17H29N. The van der Waals surface area contributed by atoms with Crippen molar-refractivity contribution in [3.63, 3.8) is 0 Å². The van der Waals surface area contributed by atoms with Crippen molar-refractivity contribution in [3.05, 3.63) is 35.4 Å². The topological polar surface area (TPSA) is 12.0 Å². The van der Waals surface area contributed by atoms with Crippen molar-refractivity contribution in [2.45, 2.75) is 47.5 Å². The van der Waals surface area contributed by atoms with Crippen LogP contribution in [0, 0.1) is 18.3 Å². The van der Waals surface area contributed by atoms with Crippen molar-refractivity contribution in [2.75, 3.05) is 13.1 Å². The molecule has 0 aliphatic carbocycles. The molecule has 1 nitrogen and oxygen atoms in total. The number of nitrogens with one attached hydrogen (secondary N) is 1. The van der Waals surface area contributed by atoms with Gasteiger partial charge in [0.15, 0.2) is 0 Å². The first-order chi connectivity index (χ1) is 8.43. The van der Waals surface area contributed by atoms with Crippen LogP contribution >= 0.6 is 0 Å².